The molecule has 1 heterocycles. The first-order valence-electron chi connectivity index (χ1n) is 12.1. The van der Waals surface area contributed by atoms with Crippen LogP contribution in [0.4, 0.5) is 0 Å². The van der Waals surface area contributed by atoms with Crippen LogP contribution in [0.25, 0.3) is 0 Å². The van der Waals surface area contributed by atoms with Crippen LogP contribution in [0.1, 0.15) is 58.4 Å². The number of carbonyl (C=O) groups is 3. The van der Waals surface area contributed by atoms with Gasteiger partial charge in [-0.15, -0.1) is 0 Å². The van der Waals surface area contributed by atoms with E-state index in [2.05, 4.69) is 15.5 Å². The van der Waals surface area contributed by atoms with Crippen molar-refractivity contribution >= 4 is 17.6 Å². The number of ether oxygens (including phenoxy) is 1. The van der Waals surface area contributed by atoms with Crippen LogP contribution >= 0.6 is 0 Å². The second-order valence-corrected chi connectivity index (χ2v) is 9.15. The molecule has 1 saturated carbocycles. The summed E-state index contributed by atoms with van der Waals surface area (Å²) >= 11 is 0. The summed E-state index contributed by atoms with van der Waals surface area (Å²) in [5.74, 6) is -0.694. The highest BCUT2D eigenvalue weighted by molar-refractivity contribution is 6.02. The molecular weight excluding hydrogens is 430 g/mol. The number of rotatable bonds is 8. The summed E-state index contributed by atoms with van der Waals surface area (Å²) < 4.78 is 5.40. The maximum Gasteiger partial charge on any atom is 0.252 e. The third-order valence-corrected chi connectivity index (χ3v) is 6.73. The lowest BCUT2D eigenvalue weighted by Crippen LogP contribution is -2.60. The average molecular weight is 464 g/mol. The first-order valence-corrected chi connectivity index (χ1v) is 12.1. The van der Waals surface area contributed by atoms with Gasteiger partial charge in [-0.05, 0) is 30.5 Å². The highest BCUT2D eigenvalue weighted by Crippen LogP contribution is 2.29. The normalized spacial score (nSPS) is 18.1. The van der Waals surface area contributed by atoms with Crippen molar-refractivity contribution in [1.82, 2.24) is 15.5 Å². The van der Waals surface area contributed by atoms with E-state index in [4.69, 9.17) is 4.74 Å². The number of Topliss-reactive ketones (excluding diaryl/α,β-unsaturated/α-hetero) is 1. The van der Waals surface area contributed by atoms with Crippen molar-refractivity contribution in [2.45, 2.75) is 44.2 Å². The third kappa shape index (κ3) is 6.10. The highest BCUT2D eigenvalue weighted by atomic mass is 16.5. The molecule has 1 aliphatic carbocycles. The fourth-order valence-electron chi connectivity index (χ4n) is 4.69. The predicted molar refractivity (Wildman–Crippen MR) is 130 cm³/mol. The number of carbonyl (C=O) groups excluding carboxylic acids is 3. The molecule has 1 aliphatic heterocycles. The van der Waals surface area contributed by atoms with E-state index in [0.717, 1.165) is 57.7 Å². The van der Waals surface area contributed by atoms with Gasteiger partial charge < -0.3 is 15.4 Å². The summed E-state index contributed by atoms with van der Waals surface area (Å²) in [4.78, 5) is 41.1. The Labute approximate surface area is 200 Å². The molecule has 0 spiro atoms. The number of nitrogens with zero attached hydrogens (tertiary/aromatic N) is 1. The Morgan fingerprint density at radius 1 is 0.853 bits per heavy atom. The number of nitrogens with one attached hydrogen (secondary N) is 2. The molecule has 2 N–H and O–H groups in total. The van der Waals surface area contributed by atoms with Crippen molar-refractivity contribution in [3.63, 3.8) is 0 Å². The fraction of sp³-hybridized carbons (Fsp3) is 0.444. The van der Waals surface area contributed by atoms with Gasteiger partial charge in [-0.25, -0.2) is 0 Å². The molecule has 7 nitrogen and oxygen atoms in total. The van der Waals surface area contributed by atoms with Gasteiger partial charge in [-0.1, -0.05) is 61.7 Å². The van der Waals surface area contributed by atoms with Crippen LogP contribution in [0.2, 0.25) is 0 Å². The Hall–Kier alpha value is -3.03. The first kappa shape index (κ1) is 24.1. The van der Waals surface area contributed by atoms with E-state index >= 15 is 0 Å². The molecule has 2 amide bonds. The topological polar surface area (TPSA) is 87.7 Å². The Balaban J connectivity index is 1.38. The maximum absolute atomic E-state index is 13.2. The minimum atomic E-state index is -0.987. The molecule has 0 bridgehead atoms. The van der Waals surface area contributed by atoms with Gasteiger partial charge in [0.05, 0.1) is 19.8 Å². The zero-order valence-corrected chi connectivity index (χ0v) is 19.6. The lowest BCUT2D eigenvalue weighted by molar-refractivity contribution is -0.128. The van der Waals surface area contributed by atoms with Gasteiger partial charge in [-0.3, -0.25) is 19.3 Å². The fourth-order valence-corrected chi connectivity index (χ4v) is 4.69. The standard InChI is InChI=1S/C27H33N3O4/c31-24(22-7-3-1-4-8-22)19-28-26(33)27(13-5-2-6-14-27)29-25(32)23-11-9-21(10-12-23)20-30-15-17-34-18-16-30/h1,3-4,7-12H,2,5-6,13-20H2,(H,28,33)(H,29,32). The van der Waals surface area contributed by atoms with Crippen LogP contribution in [0.3, 0.4) is 0 Å². The molecule has 2 fully saturated rings. The Kier molecular flexibility index (Phi) is 8.08. The highest BCUT2D eigenvalue weighted by Gasteiger charge is 2.41. The van der Waals surface area contributed by atoms with Crippen molar-refractivity contribution in [1.29, 1.82) is 0 Å². The molecule has 0 atom stereocenters. The van der Waals surface area contributed by atoms with Gasteiger partial charge in [0.15, 0.2) is 5.78 Å². The molecule has 2 aromatic rings. The smallest absolute Gasteiger partial charge is 0.252 e. The van der Waals surface area contributed by atoms with E-state index in [0.29, 0.717) is 24.0 Å². The van der Waals surface area contributed by atoms with Crippen LogP contribution in [0.5, 0.6) is 0 Å². The molecule has 0 radical (unpaired) electrons. The second kappa shape index (κ2) is 11.4. The van der Waals surface area contributed by atoms with Crippen molar-refractivity contribution in [3.8, 4) is 0 Å². The molecule has 2 aliphatic rings. The van der Waals surface area contributed by atoms with Gasteiger partial charge >= 0.3 is 0 Å². The van der Waals surface area contributed by atoms with Crippen LogP contribution in [0.15, 0.2) is 54.6 Å². The van der Waals surface area contributed by atoms with Crippen LogP contribution < -0.4 is 10.6 Å². The summed E-state index contributed by atoms with van der Waals surface area (Å²) in [7, 11) is 0. The van der Waals surface area contributed by atoms with E-state index in [-0.39, 0.29) is 24.1 Å². The van der Waals surface area contributed by atoms with E-state index in [9.17, 15) is 14.4 Å². The zero-order valence-electron chi connectivity index (χ0n) is 19.6. The molecule has 0 aromatic heterocycles. The van der Waals surface area contributed by atoms with E-state index in [1.807, 2.05) is 30.3 Å². The number of hydrogen-bond acceptors (Lipinski definition) is 5. The summed E-state index contributed by atoms with van der Waals surface area (Å²) in [5.41, 5.74) is 1.24. The van der Waals surface area contributed by atoms with Gasteiger partial charge in [0.1, 0.15) is 5.54 Å². The number of morpholine rings is 1. The second-order valence-electron chi connectivity index (χ2n) is 9.15. The van der Waals surface area contributed by atoms with Gasteiger partial charge in [-0.2, -0.15) is 0 Å². The lowest BCUT2D eigenvalue weighted by atomic mass is 9.80. The number of amides is 2. The van der Waals surface area contributed by atoms with Crippen molar-refractivity contribution < 1.29 is 19.1 Å². The van der Waals surface area contributed by atoms with Crippen LogP contribution in [-0.4, -0.2) is 60.9 Å². The monoisotopic (exact) mass is 463 g/mol. The quantitative estimate of drug-likeness (QED) is 0.588. The van der Waals surface area contributed by atoms with Crippen LogP contribution in [0, 0.1) is 0 Å². The van der Waals surface area contributed by atoms with Crippen molar-refractivity contribution in [2.24, 2.45) is 0 Å². The summed E-state index contributed by atoms with van der Waals surface area (Å²) in [6.45, 7) is 4.06. The Morgan fingerprint density at radius 3 is 2.21 bits per heavy atom. The number of ketones is 1. The lowest BCUT2D eigenvalue weighted by Gasteiger charge is -2.36. The molecule has 0 unspecified atom stereocenters. The molecule has 2 aromatic carbocycles. The summed E-state index contributed by atoms with van der Waals surface area (Å²) in [5, 5.41) is 5.81. The number of hydrogen-bond donors (Lipinski definition) is 2. The minimum Gasteiger partial charge on any atom is -0.379 e. The summed E-state index contributed by atoms with van der Waals surface area (Å²) in [6.07, 6.45) is 3.89. The van der Waals surface area contributed by atoms with Gasteiger partial charge in [0, 0.05) is 30.8 Å². The molecule has 180 valence electrons. The zero-order chi connectivity index (χ0) is 23.8. The van der Waals surface area contributed by atoms with Gasteiger partial charge in [0.2, 0.25) is 5.91 Å². The third-order valence-electron chi connectivity index (χ3n) is 6.73. The summed E-state index contributed by atoms with van der Waals surface area (Å²) in [6, 6.07) is 16.5. The van der Waals surface area contributed by atoms with E-state index in [1.165, 1.54) is 0 Å². The van der Waals surface area contributed by atoms with Gasteiger partial charge in [0.25, 0.3) is 5.91 Å². The molecular formula is C27H33N3O4. The molecule has 1 saturated heterocycles. The molecule has 34 heavy (non-hydrogen) atoms. The average Bonchev–Trinajstić information content (AvgIpc) is 2.89. The van der Waals surface area contributed by atoms with Crippen molar-refractivity contribution in [2.75, 3.05) is 32.8 Å². The predicted octanol–water partition coefficient (Wildman–Crippen LogP) is 2.95. The van der Waals surface area contributed by atoms with Crippen molar-refractivity contribution in [3.05, 3.63) is 71.3 Å². The Morgan fingerprint density at radius 2 is 1.53 bits per heavy atom. The first-order chi connectivity index (χ1) is 16.6. The Bertz CT molecular complexity index is 979. The largest absolute Gasteiger partial charge is 0.379 e. The maximum atomic E-state index is 13.2. The molecule has 7 heteroatoms. The number of benzene rings is 2. The van der Waals surface area contributed by atoms with Crippen LogP contribution in [-0.2, 0) is 16.1 Å². The SMILES string of the molecule is O=C(CNC(=O)C1(NC(=O)c2ccc(CN3CCOCC3)cc2)CCCCC1)c1ccccc1. The molecule has 4 rings (SSSR count). The van der Waals surface area contributed by atoms with E-state index < -0.39 is 5.54 Å². The minimum absolute atomic E-state index is 0.0866. The van der Waals surface area contributed by atoms with E-state index in [1.54, 1.807) is 24.3 Å².